The molecule has 2 aliphatic heterocycles. The first-order valence-corrected chi connectivity index (χ1v) is 11.7. The number of esters is 1. The Labute approximate surface area is 186 Å². The van der Waals surface area contributed by atoms with Gasteiger partial charge in [0.1, 0.15) is 0 Å². The highest BCUT2D eigenvalue weighted by Crippen LogP contribution is 2.24. The van der Waals surface area contributed by atoms with E-state index in [0.717, 1.165) is 77.5 Å². The summed E-state index contributed by atoms with van der Waals surface area (Å²) < 4.78 is 10.8. The predicted octanol–water partition coefficient (Wildman–Crippen LogP) is 2.66. The van der Waals surface area contributed by atoms with Crippen molar-refractivity contribution in [2.75, 3.05) is 46.4 Å². The molecule has 2 fully saturated rings. The van der Waals surface area contributed by atoms with E-state index in [1.54, 1.807) is 0 Å². The highest BCUT2D eigenvalue weighted by Gasteiger charge is 2.41. The summed E-state index contributed by atoms with van der Waals surface area (Å²) in [5, 5.41) is 3.46. The number of aliphatic imine (C=N–C) groups is 1. The van der Waals surface area contributed by atoms with Crippen LogP contribution < -0.4 is 5.32 Å². The smallest absolute Gasteiger partial charge is 0.305 e. The third-order valence-electron chi connectivity index (χ3n) is 6.06. The summed E-state index contributed by atoms with van der Waals surface area (Å²) in [6.45, 7) is 8.36. The number of nitrogens with zero attached hydrogens (tertiary/aromatic N) is 3. The summed E-state index contributed by atoms with van der Waals surface area (Å²) >= 11 is 0. The van der Waals surface area contributed by atoms with Crippen LogP contribution in [0.1, 0.15) is 44.6 Å². The van der Waals surface area contributed by atoms with E-state index in [9.17, 15) is 4.79 Å². The zero-order valence-electron chi connectivity index (χ0n) is 19.1. The summed E-state index contributed by atoms with van der Waals surface area (Å²) in [5.74, 6) is 0.876. The van der Waals surface area contributed by atoms with Crippen molar-refractivity contribution < 1.29 is 14.3 Å². The fourth-order valence-electron chi connectivity index (χ4n) is 4.39. The Morgan fingerprint density at radius 3 is 2.77 bits per heavy atom. The SMILES string of the molecule is CCNC(=NCCCCCCC(=O)OC)N1CC2OCCN(Cc3ccccc3)C2C1. The Morgan fingerprint density at radius 1 is 1.19 bits per heavy atom. The molecule has 3 rings (SSSR count). The van der Waals surface area contributed by atoms with Gasteiger partial charge in [0.15, 0.2) is 5.96 Å². The van der Waals surface area contributed by atoms with E-state index >= 15 is 0 Å². The minimum atomic E-state index is -0.119. The lowest BCUT2D eigenvalue weighted by Crippen LogP contribution is -2.50. The molecule has 0 bridgehead atoms. The molecule has 0 aromatic heterocycles. The number of carbonyl (C=O) groups excluding carboxylic acids is 1. The molecule has 1 aromatic carbocycles. The third kappa shape index (κ3) is 7.21. The highest BCUT2D eigenvalue weighted by atomic mass is 16.5. The van der Waals surface area contributed by atoms with Crippen molar-refractivity contribution in [3.8, 4) is 0 Å². The Morgan fingerprint density at radius 2 is 2.00 bits per heavy atom. The largest absolute Gasteiger partial charge is 0.469 e. The van der Waals surface area contributed by atoms with Crippen LogP contribution in [0, 0.1) is 0 Å². The molecule has 0 radical (unpaired) electrons. The number of rotatable bonds is 10. The number of hydrogen-bond donors (Lipinski definition) is 1. The summed E-state index contributed by atoms with van der Waals surface area (Å²) in [6, 6.07) is 11.1. The van der Waals surface area contributed by atoms with E-state index in [0.29, 0.717) is 12.5 Å². The third-order valence-corrected chi connectivity index (χ3v) is 6.06. The van der Waals surface area contributed by atoms with E-state index in [1.807, 2.05) is 0 Å². The van der Waals surface area contributed by atoms with Crippen LogP contribution in [0.2, 0.25) is 0 Å². The molecule has 172 valence electrons. The van der Waals surface area contributed by atoms with Gasteiger partial charge in [0.25, 0.3) is 0 Å². The van der Waals surface area contributed by atoms with Crippen molar-refractivity contribution in [1.82, 2.24) is 15.1 Å². The molecule has 31 heavy (non-hydrogen) atoms. The van der Waals surface area contributed by atoms with Crippen LogP contribution >= 0.6 is 0 Å². The first-order chi connectivity index (χ1) is 15.2. The number of guanidine groups is 1. The normalized spacial score (nSPS) is 21.7. The van der Waals surface area contributed by atoms with Gasteiger partial charge in [-0.2, -0.15) is 0 Å². The van der Waals surface area contributed by atoms with Gasteiger partial charge in [-0.05, 0) is 25.3 Å². The van der Waals surface area contributed by atoms with Crippen LogP contribution in [-0.2, 0) is 20.8 Å². The predicted molar refractivity (Wildman–Crippen MR) is 123 cm³/mol. The number of benzene rings is 1. The number of methoxy groups -OCH3 is 1. The van der Waals surface area contributed by atoms with Gasteiger partial charge in [-0.25, -0.2) is 0 Å². The number of carbonyl (C=O) groups is 1. The number of hydrogen-bond acceptors (Lipinski definition) is 5. The number of ether oxygens (including phenoxy) is 2. The van der Waals surface area contributed by atoms with Crippen LogP contribution in [-0.4, -0.2) is 80.3 Å². The lowest BCUT2D eigenvalue weighted by molar-refractivity contribution is -0.140. The van der Waals surface area contributed by atoms with Gasteiger partial charge in [-0.15, -0.1) is 0 Å². The maximum Gasteiger partial charge on any atom is 0.305 e. The van der Waals surface area contributed by atoms with Gasteiger partial charge in [0, 0.05) is 45.7 Å². The quantitative estimate of drug-likeness (QED) is 0.266. The van der Waals surface area contributed by atoms with Crippen molar-refractivity contribution in [2.24, 2.45) is 4.99 Å². The first kappa shape index (κ1) is 23.5. The fraction of sp³-hybridized carbons (Fsp3) is 0.667. The molecule has 7 nitrogen and oxygen atoms in total. The van der Waals surface area contributed by atoms with Gasteiger partial charge >= 0.3 is 5.97 Å². The van der Waals surface area contributed by atoms with Crippen molar-refractivity contribution in [3.05, 3.63) is 35.9 Å². The first-order valence-electron chi connectivity index (χ1n) is 11.7. The van der Waals surface area contributed by atoms with Gasteiger partial charge in [-0.3, -0.25) is 14.7 Å². The molecule has 0 saturated carbocycles. The van der Waals surface area contributed by atoms with Crippen LogP contribution in [0.15, 0.2) is 35.3 Å². The average molecular weight is 431 g/mol. The van der Waals surface area contributed by atoms with Crippen LogP contribution in [0.25, 0.3) is 0 Å². The number of morpholine rings is 1. The molecular formula is C24H38N4O3. The number of nitrogens with one attached hydrogen (secondary N) is 1. The zero-order chi connectivity index (χ0) is 21.9. The van der Waals surface area contributed by atoms with Gasteiger partial charge in [0.05, 0.1) is 25.9 Å². The maximum atomic E-state index is 11.2. The molecule has 0 amide bonds. The molecule has 2 saturated heterocycles. The Kier molecular flexibility index (Phi) is 9.62. The molecule has 2 aliphatic rings. The summed E-state index contributed by atoms with van der Waals surface area (Å²) in [5.41, 5.74) is 1.36. The van der Waals surface area contributed by atoms with Crippen LogP contribution in [0.4, 0.5) is 0 Å². The van der Waals surface area contributed by atoms with Gasteiger partial charge < -0.3 is 19.7 Å². The van der Waals surface area contributed by atoms with E-state index in [2.05, 4.69) is 57.1 Å². The van der Waals surface area contributed by atoms with Gasteiger partial charge in [-0.1, -0.05) is 43.2 Å². The highest BCUT2D eigenvalue weighted by molar-refractivity contribution is 5.80. The molecule has 7 heteroatoms. The average Bonchev–Trinajstić information content (AvgIpc) is 3.23. The standard InChI is InChI=1S/C24H38N4O3/c1-3-25-24(26-14-10-5-4-9-13-23(29)30-2)28-18-21-22(19-28)31-16-15-27(21)17-20-11-7-6-8-12-20/h6-8,11-12,21-22H,3-5,9-10,13-19H2,1-2H3,(H,25,26). The summed E-state index contributed by atoms with van der Waals surface area (Å²) in [4.78, 5) is 21.0. The number of likely N-dealkylation sites (tertiary alicyclic amines) is 1. The molecule has 2 atom stereocenters. The lowest BCUT2D eigenvalue weighted by Gasteiger charge is -2.36. The molecule has 1 aromatic rings. The second-order valence-electron chi connectivity index (χ2n) is 8.31. The van der Waals surface area contributed by atoms with Crippen molar-refractivity contribution in [3.63, 3.8) is 0 Å². The summed E-state index contributed by atoms with van der Waals surface area (Å²) in [7, 11) is 1.44. The molecular weight excluding hydrogens is 392 g/mol. The fourth-order valence-corrected chi connectivity index (χ4v) is 4.39. The van der Waals surface area contributed by atoms with Crippen molar-refractivity contribution >= 4 is 11.9 Å². The Bertz CT molecular complexity index is 697. The van der Waals surface area contributed by atoms with Gasteiger partial charge in [0.2, 0.25) is 0 Å². The minimum absolute atomic E-state index is 0.119. The topological polar surface area (TPSA) is 66.4 Å². The second-order valence-corrected chi connectivity index (χ2v) is 8.31. The monoisotopic (exact) mass is 430 g/mol. The number of fused-ring (bicyclic) bond motifs is 1. The van der Waals surface area contributed by atoms with E-state index in [4.69, 9.17) is 9.73 Å². The van der Waals surface area contributed by atoms with E-state index < -0.39 is 0 Å². The van der Waals surface area contributed by atoms with Crippen LogP contribution in [0.3, 0.4) is 0 Å². The maximum absolute atomic E-state index is 11.2. The van der Waals surface area contributed by atoms with Crippen molar-refractivity contribution in [1.29, 1.82) is 0 Å². The molecule has 1 N–H and O–H groups in total. The molecule has 2 unspecified atom stereocenters. The van der Waals surface area contributed by atoms with E-state index in [1.165, 1.54) is 12.7 Å². The zero-order valence-corrected chi connectivity index (χ0v) is 19.1. The number of unbranched alkanes of at least 4 members (excludes halogenated alkanes) is 3. The lowest BCUT2D eigenvalue weighted by atomic mass is 10.1. The van der Waals surface area contributed by atoms with Crippen LogP contribution in [0.5, 0.6) is 0 Å². The molecule has 0 spiro atoms. The molecule has 0 aliphatic carbocycles. The Hall–Kier alpha value is -2.12. The molecule has 2 heterocycles. The second kappa shape index (κ2) is 12.7. The minimum Gasteiger partial charge on any atom is -0.469 e. The Balaban J connectivity index is 1.48. The van der Waals surface area contributed by atoms with E-state index in [-0.39, 0.29) is 12.1 Å². The van der Waals surface area contributed by atoms with Crippen molar-refractivity contribution in [2.45, 2.75) is 57.7 Å². The summed E-state index contributed by atoms with van der Waals surface area (Å²) in [6.07, 6.45) is 4.79.